The molecule has 0 saturated heterocycles. The first-order valence-corrected chi connectivity index (χ1v) is 12.0. The Morgan fingerprint density at radius 3 is 2.58 bits per heavy atom. The van der Waals surface area contributed by atoms with Gasteiger partial charge in [-0.15, -0.1) is 0 Å². The molecule has 0 aliphatic carbocycles. The van der Waals surface area contributed by atoms with Crippen molar-refractivity contribution in [1.82, 2.24) is 24.8 Å². The van der Waals surface area contributed by atoms with Crippen LogP contribution in [0.15, 0.2) is 30.7 Å². The molecule has 0 spiro atoms. The number of aromatic nitrogens is 3. The third-order valence-corrected chi connectivity index (χ3v) is 5.59. The molecule has 0 radical (unpaired) electrons. The monoisotopic (exact) mass is 526 g/mol. The second kappa shape index (κ2) is 12.6. The van der Waals surface area contributed by atoms with E-state index in [-0.39, 0.29) is 18.0 Å². The van der Waals surface area contributed by atoms with E-state index in [0.717, 1.165) is 10.5 Å². The van der Waals surface area contributed by atoms with Gasteiger partial charge in [-0.2, -0.15) is 5.10 Å². The highest BCUT2D eigenvalue weighted by Gasteiger charge is 2.28. The van der Waals surface area contributed by atoms with Crippen LogP contribution < -0.4 is 10.6 Å². The average Bonchev–Trinajstić information content (AvgIpc) is 3.25. The van der Waals surface area contributed by atoms with Gasteiger partial charge in [-0.3, -0.25) is 9.59 Å². The van der Waals surface area contributed by atoms with Gasteiger partial charge in [0.1, 0.15) is 18.5 Å². The fourth-order valence-corrected chi connectivity index (χ4v) is 3.67. The van der Waals surface area contributed by atoms with Crippen molar-refractivity contribution in [3.05, 3.63) is 53.0 Å². The highest BCUT2D eigenvalue weighted by molar-refractivity contribution is 6.05. The lowest BCUT2D eigenvalue weighted by Crippen LogP contribution is -2.38. The summed E-state index contributed by atoms with van der Waals surface area (Å²) in [7, 11) is 0. The second-order valence-electron chi connectivity index (χ2n) is 8.24. The van der Waals surface area contributed by atoms with Gasteiger partial charge in [-0.1, -0.05) is 13.0 Å². The first-order valence-electron chi connectivity index (χ1n) is 12.0. The molecule has 3 rings (SSSR count). The molecule has 0 aliphatic rings. The van der Waals surface area contributed by atoms with Crippen molar-refractivity contribution in [3.8, 4) is 0 Å². The number of ether oxygens (including phenoxy) is 2. The van der Waals surface area contributed by atoms with E-state index in [4.69, 9.17) is 9.84 Å². The highest BCUT2D eigenvalue weighted by atomic mass is 16.7. The van der Waals surface area contributed by atoms with Gasteiger partial charge in [0.15, 0.2) is 5.82 Å². The van der Waals surface area contributed by atoms with E-state index in [0.29, 0.717) is 41.1 Å². The summed E-state index contributed by atoms with van der Waals surface area (Å²) < 4.78 is 10.9. The Balaban J connectivity index is 1.92. The number of fused-ring (bicyclic) bond motifs is 1. The summed E-state index contributed by atoms with van der Waals surface area (Å²) in [5.74, 6) is -1.41. The smallest absolute Gasteiger partial charge is 0.419 e. The van der Waals surface area contributed by atoms with Gasteiger partial charge in [0, 0.05) is 30.5 Å². The van der Waals surface area contributed by atoms with Crippen LogP contribution in [0.1, 0.15) is 52.1 Å². The molecule has 2 aromatic heterocycles. The second-order valence-corrected chi connectivity index (χ2v) is 8.24. The zero-order chi connectivity index (χ0) is 27.8. The molecule has 3 N–H and O–H groups in total. The van der Waals surface area contributed by atoms with Crippen LogP contribution in [-0.4, -0.2) is 75.0 Å². The molecule has 0 unspecified atom stereocenters. The lowest BCUT2D eigenvalue weighted by Gasteiger charge is -2.19. The summed E-state index contributed by atoms with van der Waals surface area (Å²) in [4.78, 5) is 54.6. The number of hydrogen-bond donors (Lipinski definition) is 3. The Bertz CT molecular complexity index is 1350. The van der Waals surface area contributed by atoms with Crippen molar-refractivity contribution in [3.63, 3.8) is 0 Å². The molecular formula is C25H30N6O7. The molecule has 2 heterocycles. The van der Waals surface area contributed by atoms with Gasteiger partial charge < -0.3 is 25.2 Å². The fraction of sp³-hybridized carbons (Fsp3) is 0.360. The van der Waals surface area contributed by atoms with Crippen LogP contribution in [0.5, 0.6) is 0 Å². The van der Waals surface area contributed by atoms with Gasteiger partial charge in [-0.25, -0.2) is 24.0 Å². The van der Waals surface area contributed by atoms with E-state index < -0.39 is 31.4 Å². The number of carbonyl (C=O) groups is 4. The summed E-state index contributed by atoms with van der Waals surface area (Å²) >= 11 is 0. The van der Waals surface area contributed by atoms with Gasteiger partial charge in [-0.05, 0) is 50.5 Å². The normalized spacial score (nSPS) is 10.7. The Labute approximate surface area is 218 Å². The van der Waals surface area contributed by atoms with Crippen LogP contribution in [0.25, 0.3) is 5.52 Å². The molecule has 0 fully saturated rings. The first kappa shape index (κ1) is 28.1. The molecule has 0 bridgehead atoms. The minimum absolute atomic E-state index is 0.0554. The molecule has 3 amide bonds. The predicted octanol–water partition coefficient (Wildman–Crippen LogP) is 2.32. The Kier molecular flexibility index (Phi) is 9.33. The lowest BCUT2D eigenvalue weighted by atomic mass is 10.1. The van der Waals surface area contributed by atoms with E-state index in [1.54, 1.807) is 26.0 Å². The predicted molar refractivity (Wildman–Crippen MR) is 136 cm³/mol. The molecule has 0 atom stereocenters. The number of hydrogen-bond acceptors (Lipinski definition) is 10. The summed E-state index contributed by atoms with van der Waals surface area (Å²) in [5.41, 5.74) is 3.20. The van der Waals surface area contributed by atoms with E-state index in [2.05, 4.69) is 25.5 Å². The standard InChI is InChI=1S/C25H30N6O7/c1-5-9-30(25(36)38-14-37-20(33)12-32)24(35)18-11-31-21(16(18)4)22(27-13-28-31)29-19-10-17(8-7-15(19)3)23(34)26-6-2/h7-8,10-11,13,32H,5-6,9,12,14H2,1-4H3,(H,26,34)(H,27,28,29). The quantitative estimate of drug-likeness (QED) is 0.264. The average molecular weight is 527 g/mol. The molecule has 38 heavy (non-hydrogen) atoms. The van der Waals surface area contributed by atoms with E-state index in [1.165, 1.54) is 17.0 Å². The molecule has 0 saturated carbocycles. The molecule has 202 valence electrons. The minimum Gasteiger partial charge on any atom is -0.426 e. The van der Waals surface area contributed by atoms with E-state index in [1.807, 2.05) is 19.9 Å². The summed E-state index contributed by atoms with van der Waals surface area (Å²) in [6.45, 7) is 6.16. The number of esters is 1. The zero-order valence-corrected chi connectivity index (χ0v) is 21.6. The topological polar surface area (TPSA) is 164 Å². The summed E-state index contributed by atoms with van der Waals surface area (Å²) in [6, 6.07) is 5.26. The van der Waals surface area contributed by atoms with Crippen LogP contribution in [0.3, 0.4) is 0 Å². The van der Waals surface area contributed by atoms with Crippen molar-refractivity contribution < 1.29 is 33.8 Å². The molecule has 3 aromatic rings. The number of benzene rings is 1. The Morgan fingerprint density at radius 2 is 1.89 bits per heavy atom. The SMILES string of the molecule is CCCN(C(=O)OCOC(=O)CO)C(=O)c1cn2ncnc(Nc3cc(C(=O)NCC)ccc3C)c2c1C. The number of aryl methyl sites for hydroxylation is 2. The third-order valence-electron chi connectivity index (χ3n) is 5.59. The maximum absolute atomic E-state index is 13.4. The fourth-order valence-electron chi connectivity index (χ4n) is 3.67. The van der Waals surface area contributed by atoms with Crippen LogP contribution in [0, 0.1) is 13.8 Å². The number of carbonyl (C=O) groups excluding carboxylic acids is 4. The molecule has 13 heteroatoms. The molecule has 0 aliphatic heterocycles. The number of aliphatic hydroxyl groups is 1. The van der Waals surface area contributed by atoms with Crippen molar-refractivity contribution in [1.29, 1.82) is 0 Å². The summed E-state index contributed by atoms with van der Waals surface area (Å²) in [5, 5.41) is 18.9. The Hall–Kier alpha value is -4.52. The van der Waals surface area contributed by atoms with E-state index in [9.17, 15) is 19.2 Å². The lowest BCUT2D eigenvalue weighted by molar-refractivity contribution is -0.155. The molecule has 1 aromatic carbocycles. The number of anilines is 2. The third kappa shape index (κ3) is 6.24. The van der Waals surface area contributed by atoms with E-state index >= 15 is 0 Å². The van der Waals surface area contributed by atoms with Crippen LogP contribution in [-0.2, 0) is 14.3 Å². The number of nitrogens with one attached hydrogen (secondary N) is 2. The van der Waals surface area contributed by atoms with Gasteiger partial charge >= 0.3 is 12.1 Å². The largest absolute Gasteiger partial charge is 0.426 e. The maximum Gasteiger partial charge on any atom is 0.419 e. The Morgan fingerprint density at radius 1 is 1.13 bits per heavy atom. The number of aliphatic hydroxyl groups excluding tert-OH is 1. The van der Waals surface area contributed by atoms with Gasteiger partial charge in [0.05, 0.1) is 5.56 Å². The molecule has 13 nitrogen and oxygen atoms in total. The summed E-state index contributed by atoms with van der Waals surface area (Å²) in [6.07, 6.45) is 2.26. The van der Waals surface area contributed by atoms with Crippen molar-refractivity contribution in [2.24, 2.45) is 0 Å². The van der Waals surface area contributed by atoms with Crippen molar-refractivity contribution in [2.75, 3.05) is 31.8 Å². The molecular weight excluding hydrogens is 496 g/mol. The number of amides is 3. The van der Waals surface area contributed by atoms with Crippen molar-refractivity contribution >= 4 is 40.9 Å². The minimum atomic E-state index is -1.00. The zero-order valence-electron chi connectivity index (χ0n) is 21.6. The number of imide groups is 1. The first-order chi connectivity index (χ1) is 18.2. The highest BCUT2D eigenvalue weighted by Crippen LogP contribution is 2.28. The van der Waals surface area contributed by atoms with Crippen molar-refractivity contribution in [2.45, 2.75) is 34.1 Å². The van der Waals surface area contributed by atoms with Crippen LogP contribution in [0.2, 0.25) is 0 Å². The van der Waals surface area contributed by atoms with Crippen LogP contribution >= 0.6 is 0 Å². The number of nitrogens with zero attached hydrogens (tertiary/aromatic N) is 4. The number of rotatable bonds is 10. The van der Waals surface area contributed by atoms with Gasteiger partial charge in [0.25, 0.3) is 11.8 Å². The van der Waals surface area contributed by atoms with Gasteiger partial charge in [0.2, 0.25) is 6.79 Å². The van der Waals surface area contributed by atoms with Crippen LogP contribution in [0.4, 0.5) is 16.3 Å². The maximum atomic E-state index is 13.4.